The highest BCUT2D eigenvalue weighted by atomic mass is 16.5. The van der Waals surface area contributed by atoms with E-state index in [2.05, 4.69) is 18.9 Å². The Morgan fingerprint density at radius 3 is 3.00 bits per heavy atom. The molecule has 1 atom stereocenters. The number of aromatic nitrogens is 2. The second-order valence-electron chi connectivity index (χ2n) is 4.02. The second kappa shape index (κ2) is 6.15. The first kappa shape index (κ1) is 12.5. The minimum absolute atomic E-state index is 0.121. The van der Waals surface area contributed by atoms with Gasteiger partial charge in [0.25, 0.3) is 0 Å². The third-order valence-electron chi connectivity index (χ3n) is 2.26. The summed E-state index contributed by atoms with van der Waals surface area (Å²) in [6.07, 6.45) is 3.84. The maximum atomic E-state index is 11.4. The van der Waals surface area contributed by atoms with E-state index in [0.717, 1.165) is 12.8 Å². The first-order valence-electron chi connectivity index (χ1n) is 5.56. The van der Waals surface area contributed by atoms with Crippen molar-refractivity contribution in [3.05, 3.63) is 12.3 Å². The SMILES string of the molecule is CCCC(C)COC(=O)Cn1ccc(N)n1. The van der Waals surface area contributed by atoms with Crippen molar-refractivity contribution in [2.24, 2.45) is 5.92 Å². The minimum atomic E-state index is -0.272. The van der Waals surface area contributed by atoms with E-state index in [1.807, 2.05) is 0 Å². The Morgan fingerprint density at radius 1 is 1.69 bits per heavy atom. The number of esters is 1. The lowest BCUT2D eigenvalue weighted by Gasteiger charge is -2.10. The lowest BCUT2D eigenvalue weighted by atomic mass is 10.1. The maximum absolute atomic E-state index is 11.4. The molecule has 1 heterocycles. The van der Waals surface area contributed by atoms with E-state index in [4.69, 9.17) is 10.5 Å². The summed E-state index contributed by atoms with van der Waals surface area (Å²) in [5, 5.41) is 3.91. The number of anilines is 1. The van der Waals surface area contributed by atoms with Crippen molar-refractivity contribution >= 4 is 11.8 Å². The van der Waals surface area contributed by atoms with Gasteiger partial charge >= 0.3 is 5.97 Å². The number of hydrogen-bond donors (Lipinski definition) is 1. The summed E-state index contributed by atoms with van der Waals surface area (Å²) in [6, 6.07) is 1.65. The van der Waals surface area contributed by atoms with Crippen LogP contribution in [0.4, 0.5) is 5.82 Å². The van der Waals surface area contributed by atoms with Gasteiger partial charge < -0.3 is 10.5 Å². The summed E-state index contributed by atoms with van der Waals surface area (Å²) >= 11 is 0. The average Bonchev–Trinajstić information content (AvgIpc) is 2.61. The predicted octanol–water partition coefficient (Wildman–Crippen LogP) is 1.44. The van der Waals surface area contributed by atoms with Crippen molar-refractivity contribution in [2.75, 3.05) is 12.3 Å². The molecule has 0 radical (unpaired) electrons. The smallest absolute Gasteiger partial charge is 0.327 e. The van der Waals surface area contributed by atoms with Crippen molar-refractivity contribution in [3.63, 3.8) is 0 Å². The first-order valence-corrected chi connectivity index (χ1v) is 5.56. The van der Waals surface area contributed by atoms with Gasteiger partial charge in [0.15, 0.2) is 0 Å². The zero-order chi connectivity index (χ0) is 12.0. The number of nitrogens with two attached hydrogens (primary N) is 1. The van der Waals surface area contributed by atoms with Crippen LogP contribution < -0.4 is 5.73 Å². The molecular weight excluding hydrogens is 206 g/mol. The Bertz CT molecular complexity index is 336. The molecular formula is C11H19N3O2. The lowest BCUT2D eigenvalue weighted by molar-refractivity contribution is -0.145. The molecule has 0 fully saturated rings. The van der Waals surface area contributed by atoms with Gasteiger partial charge in [-0.15, -0.1) is 0 Å². The normalized spacial score (nSPS) is 12.4. The van der Waals surface area contributed by atoms with Crippen LogP contribution in [0.1, 0.15) is 26.7 Å². The Kier molecular flexibility index (Phi) is 4.82. The number of nitrogens with zero attached hydrogens (tertiary/aromatic N) is 2. The summed E-state index contributed by atoms with van der Waals surface area (Å²) < 4.78 is 6.60. The van der Waals surface area contributed by atoms with Gasteiger partial charge in [0, 0.05) is 6.20 Å². The van der Waals surface area contributed by atoms with Gasteiger partial charge in [0.1, 0.15) is 12.4 Å². The van der Waals surface area contributed by atoms with E-state index in [-0.39, 0.29) is 12.5 Å². The van der Waals surface area contributed by atoms with E-state index in [9.17, 15) is 4.79 Å². The van der Waals surface area contributed by atoms with Gasteiger partial charge in [-0.05, 0) is 18.4 Å². The molecule has 1 rings (SSSR count). The zero-order valence-electron chi connectivity index (χ0n) is 9.85. The molecule has 90 valence electrons. The molecule has 5 nitrogen and oxygen atoms in total. The second-order valence-corrected chi connectivity index (χ2v) is 4.02. The van der Waals surface area contributed by atoms with Crippen LogP contribution in [0.5, 0.6) is 0 Å². The highest BCUT2D eigenvalue weighted by molar-refractivity contribution is 5.69. The Labute approximate surface area is 95.6 Å². The molecule has 1 unspecified atom stereocenters. The van der Waals surface area contributed by atoms with Crippen LogP contribution in [0, 0.1) is 5.92 Å². The molecule has 0 aliphatic rings. The van der Waals surface area contributed by atoms with E-state index >= 15 is 0 Å². The zero-order valence-corrected chi connectivity index (χ0v) is 9.85. The summed E-state index contributed by atoms with van der Waals surface area (Å²) in [5.41, 5.74) is 5.43. The third-order valence-corrected chi connectivity index (χ3v) is 2.26. The summed E-state index contributed by atoms with van der Waals surface area (Å²) in [5.74, 6) is 0.551. The average molecular weight is 225 g/mol. The quantitative estimate of drug-likeness (QED) is 0.744. The number of carbonyl (C=O) groups is 1. The minimum Gasteiger partial charge on any atom is -0.464 e. The van der Waals surface area contributed by atoms with Crippen LogP contribution >= 0.6 is 0 Å². The summed E-state index contributed by atoms with van der Waals surface area (Å²) in [7, 11) is 0. The molecule has 0 amide bonds. The number of nitrogen functional groups attached to an aromatic ring is 1. The molecule has 1 aromatic heterocycles. The van der Waals surface area contributed by atoms with Gasteiger partial charge in [0.2, 0.25) is 0 Å². The standard InChI is InChI=1S/C11H19N3O2/c1-3-4-9(2)8-16-11(15)7-14-6-5-10(12)13-14/h5-6,9H,3-4,7-8H2,1-2H3,(H2,12,13). The molecule has 0 spiro atoms. The fraction of sp³-hybridized carbons (Fsp3) is 0.636. The summed E-state index contributed by atoms with van der Waals surface area (Å²) in [4.78, 5) is 11.4. The fourth-order valence-corrected chi connectivity index (χ4v) is 1.45. The number of rotatable bonds is 6. The Morgan fingerprint density at radius 2 is 2.44 bits per heavy atom. The maximum Gasteiger partial charge on any atom is 0.327 e. The van der Waals surface area contributed by atoms with E-state index in [1.165, 1.54) is 4.68 Å². The van der Waals surface area contributed by atoms with Crippen LogP contribution in [0.3, 0.4) is 0 Å². The van der Waals surface area contributed by atoms with E-state index < -0.39 is 0 Å². The molecule has 16 heavy (non-hydrogen) atoms. The van der Waals surface area contributed by atoms with Crippen LogP contribution in [0.2, 0.25) is 0 Å². The van der Waals surface area contributed by atoms with Crippen molar-refractivity contribution in [1.82, 2.24) is 9.78 Å². The predicted molar refractivity (Wildman–Crippen MR) is 61.7 cm³/mol. The van der Waals surface area contributed by atoms with Gasteiger partial charge in [-0.2, -0.15) is 5.10 Å². The highest BCUT2D eigenvalue weighted by Crippen LogP contribution is 2.05. The van der Waals surface area contributed by atoms with E-state index in [0.29, 0.717) is 18.3 Å². The third kappa shape index (κ3) is 4.33. The molecule has 2 N–H and O–H groups in total. The highest BCUT2D eigenvalue weighted by Gasteiger charge is 2.08. The summed E-state index contributed by atoms with van der Waals surface area (Å²) in [6.45, 7) is 4.78. The van der Waals surface area contributed by atoms with Crippen molar-refractivity contribution in [3.8, 4) is 0 Å². The molecule has 0 aromatic carbocycles. The van der Waals surface area contributed by atoms with Gasteiger partial charge in [-0.3, -0.25) is 9.48 Å². The Balaban J connectivity index is 2.26. The topological polar surface area (TPSA) is 70.1 Å². The molecule has 1 aromatic rings. The van der Waals surface area contributed by atoms with Crippen molar-refractivity contribution in [2.45, 2.75) is 33.2 Å². The first-order chi connectivity index (χ1) is 7.61. The van der Waals surface area contributed by atoms with Crippen molar-refractivity contribution in [1.29, 1.82) is 0 Å². The number of ether oxygens (including phenoxy) is 1. The van der Waals surface area contributed by atoms with Crippen LogP contribution in [0.15, 0.2) is 12.3 Å². The molecule has 0 saturated carbocycles. The molecule has 5 heteroatoms. The largest absolute Gasteiger partial charge is 0.464 e. The fourth-order valence-electron chi connectivity index (χ4n) is 1.45. The van der Waals surface area contributed by atoms with Crippen LogP contribution in [0.25, 0.3) is 0 Å². The Hall–Kier alpha value is -1.52. The van der Waals surface area contributed by atoms with Crippen LogP contribution in [-0.2, 0) is 16.1 Å². The molecule has 0 bridgehead atoms. The molecule has 0 aliphatic carbocycles. The van der Waals surface area contributed by atoms with Crippen molar-refractivity contribution < 1.29 is 9.53 Å². The monoisotopic (exact) mass is 225 g/mol. The lowest BCUT2D eigenvalue weighted by Crippen LogP contribution is -2.17. The van der Waals surface area contributed by atoms with E-state index in [1.54, 1.807) is 12.3 Å². The molecule has 0 saturated heterocycles. The van der Waals surface area contributed by atoms with Gasteiger partial charge in [-0.25, -0.2) is 0 Å². The van der Waals surface area contributed by atoms with Crippen LogP contribution in [-0.4, -0.2) is 22.4 Å². The number of hydrogen-bond acceptors (Lipinski definition) is 4. The van der Waals surface area contributed by atoms with Gasteiger partial charge in [0.05, 0.1) is 6.61 Å². The number of carbonyl (C=O) groups excluding carboxylic acids is 1. The van der Waals surface area contributed by atoms with Gasteiger partial charge in [-0.1, -0.05) is 20.3 Å². The molecule has 0 aliphatic heterocycles.